The van der Waals surface area contributed by atoms with Crippen molar-refractivity contribution in [3.63, 3.8) is 0 Å². The van der Waals surface area contributed by atoms with Crippen LogP contribution in [0.3, 0.4) is 0 Å². The first kappa shape index (κ1) is 24.5. The fraction of sp³-hybridized carbons (Fsp3) is 0.462. The van der Waals surface area contributed by atoms with Gasteiger partial charge in [-0.15, -0.1) is 0 Å². The summed E-state index contributed by atoms with van der Waals surface area (Å²) in [6.45, 7) is 5.71. The lowest BCUT2D eigenvalue weighted by atomic mass is 9.95. The van der Waals surface area contributed by atoms with Gasteiger partial charge in [0.05, 0.1) is 10.7 Å². The second-order valence-corrected chi connectivity index (χ2v) is 9.81. The number of piperidine rings is 1. The van der Waals surface area contributed by atoms with E-state index in [4.69, 9.17) is 16.6 Å². The Hall–Kier alpha value is -3.22. The molecule has 2 fully saturated rings. The van der Waals surface area contributed by atoms with Gasteiger partial charge < -0.3 is 19.7 Å². The van der Waals surface area contributed by atoms with Crippen LogP contribution in [-0.2, 0) is 6.54 Å². The minimum atomic E-state index is -0.427. The number of rotatable bonds is 7. The van der Waals surface area contributed by atoms with E-state index < -0.39 is 5.82 Å². The van der Waals surface area contributed by atoms with E-state index in [1.165, 1.54) is 25.2 Å². The molecule has 2 aliphatic heterocycles. The van der Waals surface area contributed by atoms with Gasteiger partial charge in [0.1, 0.15) is 35.4 Å². The van der Waals surface area contributed by atoms with Gasteiger partial charge in [0, 0.05) is 50.9 Å². The Labute approximate surface area is 215 Å². The maximum atomic E-state index is 13.8. The van der Waals surface area contributed by atoms with E-state index >= 15 is 0 Å². The fourth-order valence-electron chi connectivity index (χ4n) is 5.24. The predicted octanol–water partition coefficient (Wildman–Crippen LogP) is 4.53. The van der Waals surface area contributed by atoms with E-state index in [-0.39, 0.29) is 10.9 Å². The first-order valence-corrected chi connectivity index (χ1v) is 12.9. The molecule has 36 heavy (non-hydrogen) atoms. The molecule has 0 amide bonds. The van der Waals surface area contributed by atoms with Gasteiger partial charge in [0.25, 0.3) is 0 Å². The van der Waals surface area contributed by atoms with Crippen molar-refractivity contribution in [3.05, 3.63) is 53.0 Å². The SMILES string of the molecule is CNc1ncnc(N2CCC(c3nc(-c4ccc(F)c(Cl)c4)cn3CCN3CCCC3)CC2)c1C#N. The largest absolute Gasteiger partial charge is 0.372 e. The smallest absolute Gasteiger partial charge is 0.152 e. The van der Waals surface area contributed by atoms with Crippen molar-refractivity contribution in [1.82, 2.24) is 24.4 Å². The highest BCUT2D eigenvalue weighted by Gasteiger charge is 2.28. The van der Waals surface area contributed by atoms with Gasteiger partial charge in [-0.3, -0.25) is 0 Å². The number of anilines is 2. The summed E-state index contributed by atoms with van der Waals surface area (Å²) in [4.78, 5) is 18.3. The average Bonchev–Trinajstić information content (AvgIpc) is 3.59. The number of imidazole rings is 1. The van der Waals surface area contributed by atoms with Crippen LogP contribution in [0, 0.1) is 17.1 Å². The normalized spacial score (nSPS) is 16.9. The quantitative estimate of drug-likeness (QED) is 0.502. The first-order chi connectivity index (χ1) is 17.6. The van der Waals surface area contributed by atoms with Crippen LogP contribution in [0.4, 0.5) is 16.0 Å². The van der Waals surface area contributed by atoms with Crippen molar-refractivity contribution in [2.24, 2.45) is 0 Å². The van der Waals surface area contributed by atoms with Crippen LogP contribution in [0.15, 0.2) is 30.7 Å². The second kappa shape index (κ2) is 10.8. The zero-order valence-electron chi connectivity index (χ0n) is 20.4. The molecular formula is C26H30ClFN8. The molecule has 0 spiro atoms. The third-order valence-electron chi connectivity index (χ3n) is 7.21. The summed E-state index contributed by atoms with van der Waals surface area (Å²) in [6, 6.07) is 7.03. The van der Waals surface area contributed by atoms with Gasteiger partial charge >= 0.3 is 0 Å². The Morgan fingerprint density at radius 3 is 2.61 bits per heavy atom. The Balaban J connectivity index is 1.37. The predicted molar refractivity (Wildman–Crippen MR) is 139 cm³/mol. The fourth-order valence-corrected chi connectivity index (χ4v) is 5.42. The van der Waals surface area contributed by atoms with Crippen LogP contribution >= 0.6 is 11.6 Å². The second-order valence-electron chi connectivity index (χ2n) is 9.40. The van der Waals surface area contributed by atoms with E-state index in [1.54, 1.807) is 19.2 Å². The zero-order valence-corrected chi connectivity index (χ0v) is 21.2. The maximum absolute atomic E-state index is 13.8. The average molecular weight is 509 g/mol. The monoisotopic (exact) mass is 508 g/mol. The topological polar surface area (TPSA) is 85.9 Å². The van der Waals surface area contributed by atoms with Gasteiger partial charge in [-0.25, -0.2) is 19.3 Å². The number of nitriles is 1. The lowest BCUT2D eigenvalue weighted by Crippen LogP contribution is -2.35. The Morgan fingerprint density at radius 2 is 1.92 bits per heavy atom. The molecule has 0 unspecified atom stereocenters. The number of nitrogens with zero attached hydrogens (tertiary/aromatic N) is 7. The third-order valence-corrected chi connectivity index (χ3v) is 7.50. The van der Waals surface area contributed by atoms with Gasteiger partial charge in [-0.2, -0.15) is 5.26 Å². The minimum absolute atomic E-state index is 0.105. The Morgan fingerprint density at radius 1 is 1.14 bits per heavy atom. The molecule has 1 N–H and O–H groups in total. The molecule has 0 aliphatic carbocycles. The van der Waals surface area contributed by atoms with Crippen LogP contribution in [0.1, 0.15) is 43.0 Å². The standard InChI is InChI=1S/C26H30ClFN8/c1-30-24-20(15-29)26(32-17-31-24)35-10-6-18(7-11-35)25-33-23(19-4-5-22(28)21(27)14-19)16-36(25)13-12-34-8-2-3-9-34/h4-5,14,16-18H,2-3,6-13H2,1H3,(H,30,31,32). The molecule has 2 saturated heterocycles. The number of benzene rings is 1. The van der Waals surface area contributed by atoms with Crippen LogP contribution in [-0.4, -0.2) is 64.2 Å². The van der Waals surface area contributed by atoms with E-state index in [1.807, 2.05) is 0 Å². The highest BCUT2D eigenvalue weighted by Crippen LogP contribution is 2.34. The molecular weight excluding hydrogens is 479 g/mol. The van der Waals surface area contributed by atoms with Crippen molar-refractivity contribution in [2.45, 2.75) is 38.1 Å². The van der Waals surface area contributed by atoms with Crippen LogP contribution in [0.2, 0.25) is 5.02 Å². The molecule has 8 nitrogen and oxygen atoms in total. The van der Waals surface area contributed by atoms with E-state index in [9.17, 15) is 9.65 Å². The van der Waals surface area contributed by atoms with Crippen molar-refractivity contribution in [2.75, 3.05) is 50.0 Å². The summed E-state index contributed by atoms with van der Waals surface area (Å²) < 4.78 is 16.0. The molecule has 1 aromatic carbocycles. The van der Waals surface area contributed by atoms with E-state index in [0.29, 0.717) is 17.2 Å². The zero-order chi connectivity index (χ0) is 25.1. The summed E-state index contributed by atoms with van der Waals surface area (Å²) >= 11 is 6.07. The molecule has 0 saturated carbocycles. The van der Waals surface area contributed by atoms with Gasteiger partial charge in [0.15, 0.2) is 5.82 Å². The third kappa shape index (κ3) is 5.01. The molecule has 10 heteroatoms. The lowest BCUT2D eigenvalue weighted by Gasteiger charge is -2.33. The van der Waals surface area contributed by atoms with Crippen LogP contribution in [0.25, 0.3) is 11.3 Å². The molecule has 0 atom stereocenters. The molecule has 0 bridgehead atoms. The summed E-state index contributed by atoms with van der Waals surface area (Å²) in [5, 5.41) is 12.8. The molecule has 0 radical (unpaired) electrons. The maximum Gasteiger partial charge on any atom is 0.152 e. The summed E-state index contributed by atoms with van der Waals surface area (Å²) in [5.74, 6) is 2.13. The van der Waals surface area contributed by atoms with Gasteiger partial charge in [-0.1, -0.05) is 11.6 Å². The Kier molecular flexibility index (Phi) is 7.35. The number of hydrogen-bond donors (Lipinski definition) is 1. The number of nitrogens with one attached hydrogen (secondary N) is 1. The van der Waals surface area contributed by atoms with Crippen molar-refractivity contribution in [1.29, 1.82) is 5.26 Å². The molecule has 188 valence electrons. The van der Waals surface area contributed by atoms with Crippen LogP contribution in [0.5, 0.6) is 0 Å². The molecule has 4 heterocycles. The molecule has 2 aromatic heterocycles. The lowest BCUT2D eigenvalue weighted by molar-refractivity contribution is 0.317. The molecule has 3 aromatic rings. The molecule has 5 rings (SSSR count). The number of hydrogen-bond acceptors (Lipinski definition) is 7. The minimum Gasteiger partial charge on any atom is -0.372 e. The number of aromatic nitrogens is 4. The van der Waals surface area contributed by atoms with E-state index in [0.717, 1.165) is 69.2 Å². The molecule has 2 aliphatic rings. The Bertz CT molecular complexity index is 1260. The van der Waals surface area contributed by atoms with Crippen molar-refractivity contribution in [3.8, 4) is 17.3 Å². The summed E-state index contributed by atoms with van der Waals surface area (Å²) in [6.07, 6.45) is 7.90. The number of likely N-dealkylation sites (tertiary alicyclic amines) is 1. The van der Waals surface area contributed by atoms with Crippen LogP contribution < -0.4 is 10.2 Å². The first-order valence-electron chi connectivity index (χ1n) is 12.5. The summed E-state index contributed by atoms with van der Waals surface area (Å²) in [7, 11) is 1.76. The van der Waals surface area contributed by atoms with Gasteiger partial charge in [0.2, 0.25) is 0 Å². The highest BCUT2D eigenvalue weighted by atomic mass is 35.5. The number of halogens is 2. The van der Waals surface area contributed by atoms with E-state index in [2.05, 4.69) is 41.9 Å². The summed E-state index contributed by atoms with van der Waals surface area (Å²) in [5.41, 5.74) is 2.11. The van der Waals surface area contributed by atoms with Crippen molar-refractivity contribution >= 4 is 23.2 Å². The highest BCUT2D eigenvalue weighted by molar-refractivity contribution is 6.31. The van der Waals surface area contributed by atoms with Gasteiger partial charge in [-0.05, 0) is 57.0 Å². The van der Waals surface area contributed by atoms with Crippen molar-refractivity contribution < 1.29 is 4.39 Å².